The minimum atomic E-state index is -0.634. The number of amides is 1. The molecule has 1 amide bonds. The minimum absolute atomic E-state index is 0.115. The summed E-state index contributed by atoms with van der Waals surface area (Å²) in [5.41, 5.74) is 2.52. The number of carbonyl (C=O) groups excluding carboxylic acids is 1. The molecular formula is C21H18N6O5S. The van der Waals surface area contributed by atoms with Gasteiger partial charge >= 0.3 is 0 Å². The van der Waals surface area contributed by atoms with Crippen LogP contribution in [0.15, 0.2) is 59.8 Å². The lowest BCUT2D eigenvalue weighted by Gasteiger charge is -2.12. The number of ether oxygens (including phenoxy) is 2. The average molecular weight is 466 g/mol. The molecule has 0 aliphatic heterocycles. The number of rotatable bonds is 9. The van der Waals surface area contributed by atoms with Crippen molar-refractivity contribution >= 4 is 22.9 Å². The molecule has 4 rings (SSSR count). The molecule has 0 atom stereocenters. The number of nitro benzene ring substituents is 1. The molecule has 0 fully saturated rings. The summed E-state index contributed by atoms with van der Waals surface area (Å²) in [6, 6.07) is 7.80. The van der Waals surface area contributed by atoms with Gasteiger partial charge in [-0.2, -0.15) is 5.10 Å². The summed E-state index contributed by atoms with van der Waals surface area (Å²) in [5, 5.41) is 20.2. The SMILES string of the molecule is COc1cc(C(=O)NCc2ccc(-n3cccn3)nc2)c([N+](=O)[O-])cc1OCc1cscn1. The first-order valence-electron chi connectivity index (χ1n) is 9.64. The van der Waals surface area contributed by atoms with Crippen molar-refractivity contribution in [3.8, 4) is 17.3 Å². The maximum absolute atomic E-state index is 12.8. The molecule has 0 aliphatic carbocycles. The summed E-state index contributed by atoms with van der Waals surface area (Å²) in [4.78, 5) is 32.2. The minimum Gasteiger partial charge on any atom is -0.493 e. The molecule has 33 heavy (non-hydrogen) atoms. The molecule has 3 aromatic heterocycles. The first-order valence-corrected chi connectivity index (χ1v) is 10.6. The van der Waals surface area contributed by atoms with Crippen molar-refractivity contribution in [3.63, 3.8) is 0 Å². The Bertz CT molecular complexity index is 1240. The molecule has 0 bridgehead atoms. The highest BCUT2D eigenvalue weighted by Gasteiger charge is 2.25. The highest BCUT2D eigenvalue weighted by molar-refractivity contribution is 7.07. The van der Waals surface area contributed by atoms with Gasteiger partial charge in [-0.15, -0.1) is 11.3 Å². The van der Waals surface area contributed by atoms with Gasteiger partial charge in [0.2, 0.25) is 0 Å². The fourth-order valence-electron chi connectivity index (χ4n) is 2.95. The first-order chi connectivity index (χ1) is 16.0. The topological polar surface area (TPSA) is 134 Å². The molecule has 0 saturated heterocycles. The van der Waals surface area contributed by atoms with Crippen LogP contribution in [0.2, 0.25) is 0 Å². The Hall–Kier alpha value is -4.32. The molecule has 168 valence electrons. The number of thiazole rings is 1. The molecule has 0 radical (unpaired) electrons. The lowest BCUT2D eigenvalue weighted by molar-refractivity contribution is -0.385. The number of nitrogens with one attached hydrogen (secondary N) is 1. The van der Waals surface area contributed by atoms with E-state index in [9.17, 15) is 14.9 Å². The van der Waals surface area contributed by atoms with E-state index in [0.717, 1.165) is 5.56 Å². The van der Waals surface area contributed by atoms with E-state index in [0.29, 0.717) is 11.5 Å². The van der Waals surface area contributed by atoms with Crippen LogP contribution in [-0.2, 0) is 13.2 Å². The van der Waals surface area contributed by atoms with Gasteiger partial charge in [-0.25, -0.2) is 14.6 Å². The summed E-state index contributed by atoms with van der Waals surface area (Å²) in [6.07, 6.45) is 5.01. The van der Waals surface area contributed by atoms with Gasteiger partial charge in [0.15, 0.2) is 17.3 Å². The highest BCUT2D eigenvalue weighted by Crippen LogP contribution is 2.35. The second kappa shape index (κ2) is 9.87. The Labute approximate surface area is 191 Å². The Morgan fingerprint density at radius 3 is 2.79 bits per heavy atom. The van der Waals surface area contributed by atoms with Crippen LogP contribution >= 0.6 is 11.3 Å². The van der Waals surface area contributed by atoms with E-state index in [2.05, 4.69) is 20.4 Å². The molecule has 3 heterocycles. The van der Waals surface area contributed by atoms with Crippen LogP contribution in [0.5, 0.6) is 11.5 Å². The van der Waals surface area contributed by atoms with Crippen LogP contribution < -0.4 is 14.8 Å². The zero-order chi connectivity index (χ0) is 23.2. The van der Waals surface area contributed by atoms with E-state index >= 15 is 0 Å². The second-order valence-corrected chi connectivity index (χ2v) is 7.42. The maximum Gasteiger partial charge on any atom is 0.286 e. The lowest BCUT2D eigenvalue weighted by Crippen LogP contribution is -2.24. The van der Waals surface area contributed by atoms with Crippen molar-refractivity contribution in [2.45, 2.75) is 13.2 Å². The van der Waals surface area contributed by atoms with Crippen LogP contribution in [0, 0.1) is 10.1 Å². The summed E-state index contributed by atoms with van der Waals surface area (Å²) >= 11 is 1.41. The van der Waals surface area contributed by atoms with Gasteiger partial charge in [0, 0.05) is 36.6 Å². The zero-order valence-electron chi connectivity index (χ0n) is 17.4. The molecule has 0 unspecified atom stereocenters. The van der Waals surface area contributed by atoms with Gasteiger partial charge in [0.1, 0.15) is 12.2 Å². The normalized spacial score (nSPS) is 10.6. The molecule has 0 spiro atoms. The Morgan fingerprint density at radius 2 is 2.15 bits per heavy atom. The average Bonchev–Trinajstić information content (AvgIpc) is 3.55. The van der Waals surface area contributed by atoms with Crippen molar-refractivity contribution in [1.29, 1.82) is 0 Å². The van der Waals surface area contributed by atoms with Gasteiger partial charge in [0.05, 0.1) is 29.3 Å². The van der Waals surface area contributed by atoms with E-state index in [-0.39, 0.29) is 30.2 Å². The highest BCUT2D eigenvalue weighted by atomic mass is 32.1. The molecule has 11 nitrogen and oxygen atoms in total. The van der Waals surface area contributed by atoms with Gasteiger partial charge in [-0.05, 0) is 17.7 Å². The largest absolute Gasteiger partial charge is 0.493 e. The molecular weight excluding hydrogens is 448 g/mol. The number of hydrogen-bond acceptors (Lipinski definition) is 9. The zero-order valence-corrected chi connectivity index (χ0v) is 18.2. The monoisotopic (exact) mass is 466 g/mol. The van der Waals surface area contributed by atoms with Crippen molar-refractivity contribution < 1.29 is 19.2 Å². The van der Waals surface area contributed by atoms with E-state index in [1.165, 1.54) is 30.6 Å². The number of benzene rings is 1. The van der Waals surface area contributed by atoms with E-state index in [1.54, 1.807) is 52.4 Å². The maximum atomic E-state index is 12.8. The number of methoxy groups -OCH3 is 1. The van der Waals surface area contributed by atoms with Gasteiger partial charge < -0.3 is 14.8 Å². The van der Waals surface area contributed by atoms with Crippen molar-refractivity contribution in [3.05, 3.63) is 86.7 Å². The quantitative estimate of drug-likeness (QED) is 0.294. The number of nitrogens with zero attached hydrogens (tertiary/aromatic N) is 5. The van der Waals surface area contributed by atoms with Gasteiger partial charge in [0.25, 0.3) is 11.6 Å². The predicted octanol–water partition coefficient (Wildman–Crippen LogP) is 3.15. The van der Waals surface area contributed by atoms with Gasteiger partial charge in [-0.1, -0.05) is 6.07 Å². The molecule has 12 heteroatoms. The summed E-state index contributed by atoms with van der Waals surface area (Å²) in [7, 11) is 1.39. The van der Waals surface area contributed by atoms with Crippen LogP contribution in [0.25, 0.3) is 5.82 Å². The van der Waals surface area contributed by atoms with E-state index in [4.69, 9.17) is 9.47 Å². The van der Waals surface area contributed by atoms with E-state index < -0.39 is 16.5 Å². The van der Waals surface area contributed by atoms with E-state index in [1.807, 2.05) is 0 Å². The number of pyridine rings is 1. The number of aromatic nitrogens is 4. The fraction of sp³-hybridized carbons (Fsp3) is 0.143. The number of carbonyl (C=O) groups is 1. The molecule has 4 aromatic rings. The van der Waals surface area contributed by atoms with Crippen LogP contribution in [-0.4, -0.2) is 37.7 Å². The van der Waals surface area contributed by atoms with Crippen molar-refractivity contribution in [2.75, 3.05) is 7.11 Å². The smallest absolute Gasteiger partial charge is 0.286 e. The standard InChI is InChI=1S/C21H18N6O5S/c1-31-18-7-16(17(27(29)30)8-19(18)32-11-15-12-33-13-24-15)21(28)23-10-14-3-4-20(22-9-14)26-6-2-5-25-26/h2-9,12-13H,10-11H2,1H3,(H,23,28). The van der Waals surface area contributed by atoms with Crippen LogP contribution in [0.4, 0.5) is 5.69 Å². The summed E-state index contributed by atoms with van der Waals surface area (Å²) < 4.78 is 12.5. The molecule has 1 aromatic carbocycles. The summed E-state index contributed by atoms with van der Waals surface area (Å²) in [5.74, 6) is 0.351. The predicted molar refractivity (Wildman–Crippen MR) is 119 cm³/mol. The molecule has 0 aliphatic rings. The van der Waals surface area contributed by atoms with Gasteiger partial charge in [-0.3, -0.25) is 14.9 Å². The Morgan fingerprint density at radius 1 is 1.27 bits per heavy atom. The fourth-order valence-corrected chi connectivity index (χ4v) is 3.50. The Balaban J connectivity index is 1.49. The number of nitro groups is 1. The third kappa shape index (κ3) is 5.13. The number of hydrogen-bond donors (Lipinski definition) is 1. The summed E-state index contributed by atoms with van der Waals surface area (Å²) in [6.45, 7) is 0.247. The van der Waals surface area contributed by atoms with Crippen LogP contribution in [0.1, 0.15) is 21.6 Å². The third-order valence-corrected chi connectivity index (χ3v) is 5.22. The Kier molecular flexibility index (Phi) is 6.55. The van der Waals surface area contributed by atoms with Crippen molar-refractivity contribution in [1.82, 2.24) is 25.1 Å². The van der Waals surface area contributed by atoms with Crippen LogP contribution in [0.3, 0.4) is 0 Å². The lowest BCUT2D eigenvalue weighted by atomic mass is 10.1. The molecule has 1 N–H and O–H groups in total. The first kappa shape index (κ1) is 21.9. The molecule has 0 saturated carbocycles. The second-order valence-electron chi connectivity index (χ2n) is 6.70. The van der Waals surface area contributed by atoms with Crippen molar-refractivity contribution in [2.24, 2.45) is 0 Å². The third-order valence-electron chi connectivity index (χ3n) is 4.58.